The minimum Gasteiger partial charge on any atom is -0.398 e. The molecule has 2 aromatic heterocycles. The molecule has 0 aliphatic carbocycles. The molecule has 0 aliphatic heterocycles. The number of fused-ring (bicyclic) bond motifs is 1. The fraction of sp³-hybridized carbons (Fsp3) is 0.118. The number of carbonyl (C=O) groups is 1. The third-order valence-electron chi connectivity index (χ3n) is 3.76. The first kappa shape index (κ1) is 14.8. The monoisotopic (exact) mass is 307 g/mol. The van der Waals surface area contributed by atoms with Gasteiger partial charge in [0, 0.05) is 41.5 Å². The van der Waals surface area contributed by atoms with Crippen LogP contribution in [0, 0.1) is 0 Å². The molecule has 23 heavy (non-hydrogen) atoms. The molecule has 0 amide bonds. The fourth-order valence-electron chi connectivity index (χ4n) is 2.64. The van der Waals surface area contributed by atoms with Gasteiger partial charge in [0.05, 0.1) is 17.4 Å². The molecule has 0 atom stereocenters. The number of benzene rings is 1. The number of rotatable bonds is 3. The Bertz CT molecular complexity index is 940. The summed E-state index contributed by atoms with van der Waals surface area (Å²) in [5, 5.41) is 0.941. The van der Waals surface area contributed by atoms with Gasteiger partial charge < -0.3 is 16.5 Å². The van der Waals surface area contributed by atoms with Crippen LogP contribution in [0.1, 0.15) is 22.8 Å². The number of nitrogens with one attached hydrogen (secondary N) is 1. The molecule has 1 aromatic carbocycles. The molecule has 6 nitrogen and oxygen atoms in total. The second kappa shape index (κ2) is 5.57. The molecule has 5 N–H and O–H groups in total. The molecule has 3 aromatic rings. The van der Waals surface area contributed by atoms with Crippen molar-refractivity contribution in [2.24, 2.45) is 4.99 Å². The van der Waals surface area contributed by atoms with Gasteiger partial charge in [-0.25, -0.2) is 4.98 Å². The van der Waals surface area contributed by atoms with Gasteiger partial charge >= 0.3 is 0 Å². The van der Waals surface area contributed by atoms with E-state index in [1.807, 2.05) is 12.3 Å². The van der Waals surface area contributed by atoms with Crippen LogP contribution >= 0.6 is 0 Å². The van der Waals surface area contributed by atoms with Crippen LogP contribution in [-0.2, 0) is 0 Å². The summed E-state index contributed by atoms with van der Waals surface area (Å²) in [6.07, 6.45) is 5.20. The number of nitrogen functional groups attached to an aromatic ring is 2. The smallest absolute Gasteiger partial charge is 0.161 e. The number of nitrogens with two attached hydrogens (primary N) is 2. The lowest BCUT2D eigenvalue weighted by Gasteiger charge is -2.10. The first-order valence-corrected chi connectivity index (χ1v) is 7.11. The summed E-state index contributed by atoms with van der Waals surface area (Å²) in [6.45, 7) is 1.50. The third kappa shape index (κ3) is 2.55. The molecule has 0 saturated carbocycles. The predicted molar refractivity (Wildman–Crippen MR) is 93.9 cm³/mol. The second-order valence-corrected chi connectivity index (χ2v) is 5.33. The van der Waals surface area contributed by atoms with Crippen LogP contribution in [0.3, 0.4) is 0 Å². The summed E-state index contributed by atoms with van der Waals surface area (Å²) >= 11 is 0. The molecule has 0 aliphatic rings. The molecule has 0 fully saturated rings. The van der Waals surface area contributed by atoms with Crippen LogP contribution in [0.2, 0.25) is 0 Å². The van der Waals surface area contributed by atoms with Crippen molar-refractivity contribution in [3.8, 4) is 11.1 Å². The quantitative estimate of drug-likeness (QED) is 0.392. The summed E-state index contributed by atoms with van der Waals surface area (Å²) in [5.74, 6) is 0.354. The summed E-state index contributed by atoms with van der Waals surface area (Å²) in [4.78, 5) is 23.1. The van der Waals surface area contributed by atoms with E-state index >= 15 is 0 Å². The second-order valence-electron chi connectivity index (χ2n) is 5.33. The number of aliphatic imine (C=N–C) groups is 1. The van der Waals surface area contributed by atoms with E-state index in [4.69, 9.17) is 11.5 Å². The van der Waals surface area contributed by atoms with E-state index < -0.39 is 0 Å². The Morgan fingerprint density at radius 2 is 2.09 bits per heavy atom. The van der Waals surface area contributed by atoms with Gasteiger partial charge in [-0.1, -0.05) is 0 Å². The van der Waals surface area contributed by atoms with Crippen molar-refractivity contribution < 1.29 is 4.79 Å². The number of ketones is 1. The van der Waals surface area contributed by atoms with Gasteiger partial charge in [0.15, 0.2) is 5.78 Å². The number of hydrogen-bond acceptors (Lipinski definition) is 5. The highest BCUT2D eigenvalue weighted by molar-refractivity contribution is 6.06. The normalized spacial score (nSPS) is 11.4. The Hall–Kier alpha value is -3.15. The van der Waals surface area contributed by atoms with Gasteiger partial charge in [-0.05, 0) is 30.7 Å². The van der Waals surface area contributed by atoms with Gasteiger partial charge in [0.2, 0.25) is 0 Å². The Morgan fingerprint density at radius 3 is 2.78 bits per heavy atom. The van der Waals surface area contributed by atoms with Crippen molar-refractivity contribution in [3.63, 3.8) is 0 Å². The molecule has 116 valence electrons. The minimum atomic E-state index is -0.0869. The number of H-pyrrole nitrogens is 1. The molecule has 6 heteroatoms. The standard InChI is InChI=1S/C17H17N5O/c1-9(23)12-4-10(3-11(6-20-2)17(12)19)14-7-21-15-8-22-16(18)5-13(14)15/h3-8,21H,19H2,1-2H3,(H2,18,22). The maximum Gasteiger partial charge on any atom is 0.161 e. The van der Waals surface area contributed by atoms with E-state index in [-0.39, 0.29) is 5.78 Å². The van der Waals surface area contributed by atoms with Gasteiger partial charge in [0.25, 0.3) is 0 Å². The first-order valence-electron chi connectivity index (χ1n) is 7.11. The summed E-state index contributed by atoms with van der Waals surface area (Å²) < 4.78 is 0. The molecular weight excluding hydrogens is 290 g/mol. The SMILES string of the molecule is CN=Cc1cc(-c2c[nH]c3cnc(N)cc23)cc(C(C)=O)c1N. The van der Waals surface area contributed by atoms with Gasteiger partial charge in [-0.2, -0.15) is 0 Å². The van der Waals surface area contributed by atoms with E-state index in [1.54, 1.807) is 31.6 Å². The topological polar surface area (TPSA) is 110 Å². The zero-order valence-electron chi connectivity index (χ0n) is 12.9. The maximum absolute atomic E-state index is 11.9. The van der Waals surface area contributed by atoms with Gasteiger partial charge in [-0.3, -0.25) is 9.79 Å². The van der Waals surface area contributed by atoms with E-state index in [1.165, 1.54) is 6.92 Å². The molecule has 0 bridgehead atoms. The molecule has 3 rings (SSSR count). The Balaban J connectivity index is 2.29. The van der Waals surface area contributed by atoms with E-state index in [0.29, 0.717) is 22.6 Å². The molecule has 0 radical (unpaired) electrons. The van der Waals surface area contributed by atoms with Crippen LogP contribution in [0.25, 0.3) is 22.0 Å². The first-order chi connectivity index (χ1) is 11.0. The predicted octanol–water partition coefficient (Wildman–Crippen LogP) is 2.65. The number of aromatic amines is 1. The lowest BCUT2D eigenvalue weighted by Crippen LogP contribution is -2.04. The minimum absolute atomic E-state index is 0.0869. The van der Waals surface area contributed by atoms with Crippen molar-refractivity contribution in [2.75, 3.05) is 18.5 Å². The average Bonchev–Trinajstić information content (AvgIpc) is 2.92. The zero-order valence-corrected chi connectivity index (χ0v) is 12.9. The lowest BCUT2D eigenvalue weighted by molar-refractivity contribution is 0.101. The van der Waals surface area contributed by atoms with Gasteiger partial charge in [-0.15, -0.1) is 0 Å². The highest BCUT2D eigenvalue weighted by Crippen LogP contribution is 2.32. The van der Waals surface area contributed by atoms with Crippen LogP contribution in [0.5, 0.6) is 0 Å². The molecule has 0 saturated heterocycles. The summed E-state index contributed by atoms with van der Waals surface area (Å²) in [7, 11) is 1.66. The van der Waals surface area contributed by atoms with Crippen LogP contribution in [0.15, 0.2) is 35.6 Å². The molecular formula is C17H17N5O. The molecule has 0 spiro atoms. The number of anilines is 2. The summed E-state index contributed by atoms with van der Waals surface area (Å²) in [6, 6.07) is 5.51. The van der Waals surface area contributed by atoms with Crippen molar-refractivity contribution in [2.45, 2.75) is 6.92 Å². The lowest BCUT2D eigenvalue weighted by atomic mass is 9.96. The van der Waals surface area contributed by atoms with Crippen molar-refractivity contribution in [3.05, 3.63) is 41.7 Å². The van der Waals surface area contributed by atoms with E-state index in [0.717, 1.165) is 22.0 Å². The Morgan fingerprint density at radius 1 is 1.30 bits per heavy atom. The molecule has 2 heterocycles. The number of carbonyl (C=O) groups excluding carboxylic acids is 1. The van der Waals surface area contributed by atoms with Crippen LogP contribution in [-0.4, -0.2) is 29.0 Å². The Kier molecular flexibility index (Phi) is 3.57. The van der Waals surface area contributed by atoms with Crippen molar-refractivity contribution in [1.29, 1.82) is 0 Å². The van der Waals surface area contributed by atoms with Crippen molar-refractivity contribution in [1.82, 2.24) is 9.97 Å². The van der Waals surface area contributed by atoms with Crippen LogP contribution in [0.4, 0.5) is 11.5 Å². The largest absolute Gasteiger partial charge is 0.398 e. The number of hydrogen-bond donors (Lipinski definition) is 3. The highest BCUT2D eigenvalue weighted by Gasteiger charge is 2.14. The average molecular weight is 307 g/mol. The van der Waals surface area contributed by atoms with Crippen molar-refractivity contribution >= 4 is 34.4 Å². The number of nitrogens with zero attached hydrogens (tertiary/aromatic N) is 2. The van der Waals surface area contributed by atoms with Gasteiger partial charge in [0.1, 0.15) is 5.82 Å². The number of aromatic nitrogens is 2. The highest BCUT2D eigenvalue weighted by atomic mass is 16.1. The number of pyridine rings is 1. The Labute approximate surface area is 133 Å². The summed E-state index contributed by atoms with van der Waals surface area (Å²) in [5.41, 5.74) is 16.2. The maximum atomic E-state index is 11.9. The molecule has 0 unspecified atom stereocenters. The third-order valence-corrected chi connectivity index (χ3v) is 3.76. The van der Waals surface area contributed by atoms with Crippen LogP contribution < -0.4 is 11.5 Å². The van der Waals surface area contributed by atoms with E-state index in [2.05, 4.69) is 15.0 Å². The zero-order chi connectivity index (χ0) is 16.6. The fourth-order valence-corrected chi connectivity index (χ4v) is 2.64. The number of Topliss-reactive ketones (excluding diaryl/α,β-unsaturated/α-hetero) is 1. The van der Waals surface area contributed by atoms with E-state index in [9.17, 15) is 4.79 Å².